The quantitative estimate of drug-likeness (QED) is 0.854. The number of hydrogen-bond acceptors (Lipinski definition) is 2. The Morgan fingerprint density at radius 1 is 1.04 bits per heavy atom. The molecule has 3 heteroatoms. The third-order valence-electron chi connectivity index (χ3n) is 6.02. The van der Waals surface area contributed by atoms with Crippen LogP contribution in [-0.2, 0) is 6.54 Å². The molecule has 2 aromatic rings. The molecular weight excluding hydrogens is 282 g/mol. The number of benzene rings is 1. The van der Waals surface area contributed by atoms with Crippen LogP contribution in [0.15, 0.2) is 24.3 Å². The Balaban J connectivity index is 1.87. The summed E-state index contributed by atoms with van der Waals surface area (Å²) in [5.41, 5.74) is 4.53. The van der Waals surface area contributed by atoms with E-state index in [4.69, 9.17) is 0 Å². The average Bonchev–Trinajstić information content (AvgIpc) is 2.88. The summed E-state index contributed by atoms with van der Waals surface area (Å²) in [5, 5.41) is 1.45. The van der Waals surface area contributed by atoms with E-state index in [1.54, 1.807) is 5.69 Å². The monoisotopic (exact) mass is 311 g/mol. The van der Waals surface area contributed by atoms with Crippen molar-refractivity contribution in [3.05, 3.63) is 35.5 Å². The van der Waals surface area contributed by atoms with Gasteiger partial charge in [-0.1, -0.05) is 32.0 Å². The minimum Gasteiger partial charge on any atom is -0.343 e. The lowest BCUT2D eigenvalue weighted by Gasteiger charge is -2.50. The number of aryl methyl sites for hydroxylation is 2. The Labute approximate surface area is 139 Å². The van der Waals surface area contributed by atoms with Gasteiger partial charge in [-0.3, -0.25) is 9.80 Å². The molecule has 4 rings (SSSR count). The van der Waals surface area contributed by atoms with Crippen LogP contribution in [-0.4, -0.2) is 46.6 Å². The fourth-order valence-corrected chi connectivity index (χ4v) is 5.01. The number of nitrogens with zero attached hydrogens (tertiary/aromatic N) is 3. The second-order valence-electron chi connectivity index (χ2n) is 7.14. The van der Waals surface area contributed by atoms with Gasteiger partial charge in [-0.2, -0.15) is 0 Å². The molecule has 0 N–H and O–H groups in total. The Kier molecular flexibility index (Phi) is 3.94. The van der Waals surface area contributed by atoms with Gasteiger partial charge in [0.25, 0.3) is 0 Å². The molecule has 2 aliphatic rings. The lowest BCUT2D eigenvalue weighted by atomic mass is 9.90. The van der Waals surface area contributed by atoms with E-state index in [-0.39, 0.29) is 0 Å². The van der Waals surface area contributed by atoms with Crippen LogP contribution in [0.25, 0.3) is 10.9 Å². The van der Waals surface area contributed by atoms with E-state index in [9.17, 15) is 0 Å². The summed E-state index contributed by atoms with van der Waals surface area (Å²) < 4.78 is 2.62. The van der Waals surface area contributed by atoms with Crippen LogP contribution >= 0.6 is 0 Å². The number of fused-ring (bicyclic) bond motifs is 5. The summed E-state index contributed by atoms with van der Waals surface area (Å²) >= 11 is 0. The molecule has 0 amide bonds. The summed E-state index contributed by atoms with van der Waals surface area (Å²) in [5.74, 6) is 0. The highest BCUT2D eigenvalue weighted by Crippen LogP contribution is 2.42. The smallest absolute Gasteiger partial charge is 0.0662 e. The molecule has 3 heterocycles. The number of aromatic nitrogens is 1. The minimum absolute atomic E-state index is 0.574. The minimum atomic E-state index is 0.574. The van der Waals surface area contributed by atoms with Crippen LogP contribution < -0.4 is 0 Å². The lowest BCUT2D eigenvalue weighted by molar-refractivity contribution is 0.00144. The molecule has 3 nitrogen and oxygen atoms in total. The topological polar surface area (TPSA) is 11.4 Å². The molecule has 0 spiro atoms. The third kappa shape index (κ3) is 2.25. The average molecular weight is 311 g/mol. The highest BCUT2D eigenvalue weighted by atomic mass is 15.3. The molecule has 0 radical (unpaired) electrons. The van der Waals surface area contributed by atoms with Crippen LogP contribution in [0.2, 0.25) is 0 Å². The van der Waals surface area contributed by atoms with E-state index in [0.717, 1.165) is 0 Å². The second kappa shape index (κ2) is 5.95. The first-order valence-corrected chi connectivity index (χ1v) is 9.32. The van der Waals surface area contributed by atoms with Crippen molar-refractivity contribution in [1.29, 1.82) is 0 Å². The molecule has 1 aromatic carbocycles. The van der Waals surface area contributed by atoms with E-state index < -0.39 is 0 Å². The predicted octanol–water partition coefficient (Wildman–Crippen LogP) is 3.81. The highest BCUT2D eigenvalue weighted by Gasteiger charge is 2.41. The predicted molar refractivity (Wildman–Crippen MR) is 96.9 cm³/mol. The third-order valence-corrected chi connectivity index (χ3v) is 6.02. The zero-order valence-electron chi connectivity index (χ0n) is 14.8. The van der Waals surface area contributed by atoms with Gasteiger partial charge in [0, 0.05) is 42.3 Å². The molecule has 0 aliphatic carbocycles. The molecule has 1 aromatic heterocycles. The summed E-state index contributed by atoms with van der Waals surface area (Å²) in [7, 11) is 0. The van der Waals surface area contributed by atoms with E-state index in [2.05, 4.69) is 59.4 Å². The molecule has 1 fully saturated rings. The molecule has 23 heavy (non-hydrogen) atoms. The Hall–Kier alpha value is -1.32. The van der Waals surface area contributed by atoms with Crippen LogP contribution in [0, 0.1) is 6.92 Å². The summed E-state index contributed by atoms with van der Waals surface area (Å²) in [6, 6.07) is 10.2. The maximum Gasteiger partial charge on any atom is 0.0662 e. The molecular formula is C20H29N3. The van der Waals surface area contributed by atoms with E-state index in [0.29, 0.717) is 12.1 Å². The first-order chi connectivity index (χ1) is 11.3. The Morgan fingerprint density at radius 2 is 1.83 bits per heavy atom. The van der Waals surface area contributed by atoms with Crippen molar-refractivity contribution in [2.75, 3.05) is 26.2 Å². The molecule has 0 saturated carbocycles. The Morgan fingerprint density at radius 3 is 2.61 bits per heavy atom. The normalized spacial score (nSPS) is 25.5. The van der Waals surface area contributed by atoms with E-state index >= 15 is 0 Å². The van der Waals surface area contributed by atoms with Crippen molar-refractivity contribution in [2.45, 2.75) is 52.2 Å². The van der Waals surface area contributed by atoms with Gasteiger partial charge in [-0.05, 0) is 44.5 Å². The van der Waals surface area contributed by atoms with Crippen LogP contribution in [0.5, 0.6) is 0 Å². The van der Waals surface area contributed by atoms with E-state index in [1.165, 1.54) is 62.0 Å². The maximum absolute atomic E-state index is 2.76. The van der Waals surface area contributed by atoms with Gasteiger partial charge in [0.1, 0.15) is 0 Å². The zero-order valence-corrected chi connectivity index (χ0v) is 14.8. The Bertz CT molecular complexity index is 702. The summed E-state index contributed by atoms with van der Waals surface area (Å²) in [4.78, 5) is 5.48. The molecule has 2 atom stereocenters. The van der Waals surface area contributed by atoms with Crippen molar-refractivity contribution in [3.8, 4) is 0 Å². The van der Waals surface area contributed by atoms with E-state index in [1.807, 2.05) is 0 Å². The molecule has 124 valence electrons. The highest BCUT2D eigenvalue weighted by molar-refractivity contribution is 5.85. The SMILES string of the molecule is CCCN1CCN(CC)C2CCn3c(c(C)c4ccccc43)C21. The van der Waals surface area contributed by atoms with Crippen LogP contribution in [0.4, 0.5) is 0 Å². The largest absolute Gasteiger partial charge is 0.343 e. The zero-order chi connectivity index (χ0) is 16.0. The molecule has 0 bridgehead atoms. The van der Waals surface area contributed by atoms with Crippen LogP contribution in [0.3, 0.4) is 0 Å². The number of rotatable bonds is 3. The van der Waals surface area contributed by atoms with Gasteiger partial charge >= 0.3 is 0 Å². The van der Waals surface area contributed by atoms with Gasteiger partial charge in [-0.15, -0.1) is 0 Å². The second-order valence-corrected chi connectivity index (χ2v) is 7.14. The van der Waals surface area contributed by atoms with Crippen molar-refractivity contribution in [3.63, 3.8) is 0 Å². The fourth-order valence-electron chi connectivity index (χ4n) is 5.01. The van der Waals surface area contributed by atoms with Gasteiger partial charge in [0.15, 0.2) is 0 Å². The number of hydrogen-bond donors (Lipinski definition) is 0. The van der Waals surface area contributed by atoms with Gasteiger partial charge < -0.3 is 4.57 Å². The lowest BCUT2D eigenvalue weighted by Crippen LogP contribution is -2.57. The molecule has 2 aliphatic heterocycles. The first-order valence-electron chi connectivity index (χ1n) is 9.32. The van der Waals surface area contributed by atoms with Crippen molar-refractivity contribution in [2.24, 2.45) is 0 Å². The van der Waals surface area contributed by atoms with Crippen LogP contribution in [0.1, 0.15) is 44.0 Å². The van der Waals surface area contributed by atoms with Crippen molar-refractivity contribution < 1.29 is 0 Å². The number of para-hydroxylation sites is 1. The molecule has 2 unspecified atom stereocenters. The molecule has 1 saturated heterocycles. The summed E-state index contributed by atoms with van der Waals surface area (Å²) in [6.45, 7) is 13.0. The van der Waals surface area contributed by atoms with Gasteiger partial charge in [0.2, 0.25) is 0 Å². The fraction of sp³-hybridized carbons (Fsp3) is 0.600. The maximum atomic E-state index is 2.76. The van der Waals surface area contributed by atoms with Gasteiger partial charge in [0.05, 0.1) is 6.04 Å². The number of likely N-dealkylation sites (N-methyl/N-ethyl adjacent to an activating group) is 1. The van der Waals surface area contributed by atoms with Crippen molar-refractivity contribution >= 4 is 10.9 Å². The number of piperazine rings is 1. The summed E-state index contributed by atoms with van der Waals surface area (Å²) in [6.07, 6.45) is 2.53. The van der Waals surface area contributed by atoms with Gasteiger partial charge in [-0.25, -0.2) is 0 Å². The van der Waals surface area contributed by atoms with Crippen molar-refractivity contribution in [1.82, 2.24) is 14.4 Å². The standard InChI is InChI=1S/C20H29N3/c1-4-11-22-14-13-21(5-2)18-10-12-23-17-9-7-6-8-16(17)15(3)19(23)20(18)22/h6-9,18,20H,4-5,10-14H2,1-3H3. The first kappa shape index (κ1) is 15.2.